The lowest BCUT2D eigenvalue weighted by Gasteiger charge is -2.09. The van der Waals surface area contributed by atoms with Gasteiger partial charge in [-0.3, -0.25) is 9.59 Å². The maximum Gasteiger partial charge on any atom is 0.233 e. The van der Waals surface area contributed by atoms with Crippen molar-refractivity contribution in [3.63, 3.8) is 0 Å². The summed E-state index contributed by atoms with van der Waals surface area (Å²) in [7, 11) is 0. The second-order valence-electron chi connectivity index (χ2n) is 5.42. The molecule has 0 unspecified atom stereocenters. The van der Waals surface area contributed by atoms with Crippen LogP contribution in [0.2, 0.25) is 0 Å². The first kappa shape index (κ1) is 15.8. The number of rotatable bonds is 5. The van der Waals surface area contributed by atoms with Crippen LogP contribution in [0.4, 0.5) is 11.4 Å². The van der Waals surface area contributed by atoms with Gasteiger partial charge in [0.15, 0.2) is 0 Å². The molecule has 114 valence electrons. The van der Waals surface area contributed by atoms with E-state index in [-0.39, 0.29) is 18.2 Å². The van der Waals surface area contributed by atoms with Crippen molar-refractivity contribution < 1.29 is 9.59 Å². The smallest absolute Gasteiger partial charge is 0.233 e. The quantitative estimate of drug-likeness (QED) is 0.825. The molecule has 22 heavy (non-hydrogen) atoms. The summed E-state index contributed by atoms with van der Waals surface area (Å²) in [6.45, 7) is 4.23. The van der Waals surface area contributed by atoms with Crippen LogP contribution in [-0.4, -0.2) is 11.8 Å². The molecule has 2 aromatic rings. The molecule has 0 aliphatic heterocycles. The average molecular weight is 296 g/mol. The second kappa shape index (κ2) is 7.41. The fourth-order valence-corrected chi connectivity index (χ4v) is 2.03. The van der Waals surface area contributed by atoms with Crippen molar-refractivity contribution in [2.45, 2.75) is 26.2 Å². The van der Waals surface area contributed by atoms with Gasteiger partial charge in [-0.1, -0.05) is 44.2 Å². The largest absolute Gasteiger partial charge is 0.326 e. The topological polar surface area (TPSA) is 58.2 Å². The summed E-state index contributed by atoms with van der Waals surface area (Å²) >= 11 is 0. The molecule has 0 spiro atoms. The van der Waals surface area contributed by atoms with Crippen LogP contribution >= 0.6 is 0 Å². The van der Waals surface area contributed by atoms with Crippen molar-refractivity contribution in [1.82, 2.24) is 0 Å². The molecule has 2 N–H and O–H groups in total. The lowest BCUT2D eigenvalue weighted by molar-refractivity contribution is -0.123. The van der Waals surface area contributed by atoms with Crippen molar-refractivity contribution in [2.75, 3.05) is 10.6 Å². The molecule has 4 nitrogen and oxygen atoms in total. The first-order valence-electron chi connectivity index (χ1n) is 7.29. The third-order valence-electron chi connectivity index (χ3n) is 3.24. The highest BCUT2D eigenvalue weighted by molar-refractivity contribution is 6.08. The molecular formula is C18H20N2O2. The van der Waals surface area contributed by atoms with Gasteiger partial charge in [0.05, 0.1) is 0 Å². The Morgan fingerprint density at radius 1 is 0.818 bits per heavy atom. The number of carbonyl (C=O) groups excluding carboxylic acids is 2. The minimum atomic E-state index is -0.331. The van der Waals surface area contributed by atoms with E-state index in [1.165, 1.54) is 5.56 Å². The molecule has 2 rings (SSSR count). The molecule has 4 heteroatoms. The normalized spacial score (nSPS) is 10.3. The number of anilines is 2. The van der Waals surface area contributed by atoms with Gasteiger partial charge in [-0.2, -0.15) is 0 Å². The Bertz CT molecular complexity index is 634. The zero-order valence-corrected chi connectivity index (χ0v) is 12.8. The lowest BCUT2D eigenvalue weighted by Crippen LogP contribution is -2.21. The Morgan fingerprint density at radius 2 is 1.32 bits per heavy atom. The van der Waals surface area contributed by atoms with E-state index in [4.69, 9.17) is 0 Å². The minimum Gasteiger partial charge on any atom is -0.326 e. The molecule has 0 aliphatic rings. The fraction of sp³-hybridized carbons (Fsp3) is 0.222. The van der Waals surface area contributed by atoms with E-state index in [2.05, 4.69) is 24.5 Å². The molecule has 0 fully saturated rings. The molecule has 0 saturated heterocycles. The van der Waals surface area contributed by atoms with Gasteiger partial charge in [0, 0.05) is 11.4 Å². The zero-order valence-electron chi connectivity index (χ0n) is 12.8. The second-order valence-corrected chi connectivity index (χ2v) is 5.42. The number of hydrogen-bond acceptors (Lipinski definition) is 2. The molecule has 0 aromatic heterocycles. The number of benzene rings is 2. The average Bonchev–Trinajstić information content (AvgIpc) is 2.48. The zero-order chi connectivity index (χ0) is 15.9. The van der Waals surface area contributed by atoms with Gasteiger partial charge in [0.2, 0.25) is 11.8 Å². The Morgan fingerprint density at radius 3 is 1.82 bits per heavy atom. The van der Waals surface area contributed by atoms with Gasteiger partial charge >= 0.3 is 0 Å². The number of nitrogens with one attached hydrogen (secondary N) is 2. The Labute approximate surface area is 130 Å². The molecule has 0 saturated carbocycles. The number of para-hydroxylation sites is 1. The third-order valence-corrected chi connectivity index (χ3v) is 3.24. The first-order valence-corrected chi connectivity index (χ1v) is 7.29. The van der Waals surface area contributed by atoms with Gasteiger partial charge in [0.25, 0.3) is 0 Å². The Hall–Kier alpha value is -2.62. The van der Waals surface area contributed by atoms with E-state index in [1.807, 2.05) is 42.5 Å². The summed E-state index contributed by atoms with van der Waals surface area (Å²) in [5.74, 6) is -0.213. The van der Waals surface area contributed by atoms with Crippen LogP contribution in [0.25, 0.3) is 0 Å². The van der Waals surface area contributed by atoms with E-state index in [1.54, 1.807) is 12.1 Å². The molecule has 0 heterocycles. The predicted molar refractivity (Wildman–Crippen MR) is 88.8 cm³/mol. The van der Waals surface area contributed by atoms with E-state index in [9.17, 15) is 9.59 Å². The highest BCUT2D eigenvalue weighted by atomic mass is 16.2. The standard InChI is InChI=1S/C18H20N2O2/c1-13(2)14-8-10-16(11-9-14)20-18(22)12-17(21)19-15-6-4-3-5-7-15/h3-11,13H,12H2,1-2H3,(H,19,21)(H,20,22). The van der Waals surface area contributed by atoms with Crippen molar-refractivity contribution in [3.05, 3.63) is 60.2 Å². The molecular weight excluding hydrogens is 276 g/mol. The molecule has 0 atom stereocenters. The summed E-state index contributed by atoms with van der Waals surface area (Å²) in [4.78, 5) is 23.6. The van der Waals surface area contributed by atoms with Crippen molar-refractivity contribution in [2.24, 2.45) is 0 Å². The van der Waals surface area contributed by atoms with Gasteiger partial charge < -0.3 is 10.6 Å². The van der Waals surface area contributed by atoms with E-state index < -0.39 is 0 Å². The summed E-state index contributed by atoms with van der Waals surface area (Å²) in [6.07, 6.45) is -0.208. The van der Waals surface area contributed by atoms with Crippen LogP contribution in [-0.2, 0) is 9.59 Å². The molecule has 0 bridgehead atoms. The summed E-state index contributed by atoms with van der Waals surface area (Å²) in [5.41, 5.74) is 2.59. The number of hydrogen-bond donors (Lipinski definition) is 2. The molecule has 0 radical (unpaired) electrons. The SMILES string of the molecule is CC(C)c1ccc(NC(=O)CC(=O)Nc2ccccc2)cc1. The highest BCUT2D eigenvalue weighted by Gasteiger charge is 2.10. The summed E-state index contributed by atoms with van der Waals surface area (Å²) in [5, 5.41) is 5.41. The van der Waals surface area contributed by atoms with Gasteiger partial charge in [0.1, 0.15) is 6.42 Å². The van der Waals surface area contributed by atoms with Crippen LogP contribution in [0.5, 0.6) is 0 Å². The summed E-state index contributed by atoms with van der Waals surface area (Å²) in [6, 6.07) is 16.7. The maximum absolute atomic E-state index is 11.9. The minimum absolute atomic E-state index is 0.208. The van der Waals surface area contributed by atoms with E-state index >= 15 is 0 Å². The van der Waals surface area contributed by atoms with Crippen molar-refractivity contribution in [1.29, 1.82) is 0 Å². The third kappa shape index (κ3) is 4.74. The Balaban J connectivity index is 1.86. The van der Waals surface area contributed by atoms with Gasteiger partial charge in [-0.15, -0.1) is 0 Å². The van der Waals surface area contributed by atoms with Crippen molar-refractivity contribution in [3.8, 4) is 0 Å². The van der Waals surface area contributed by atoms with Gasteiger partial charge in [-0.05, 0) is 35.7 Å². The van der Waals surface area contributed by atoms with Crippen LogP contribution in [0, 0.1) is 0 Å². The molecule has 2 amide bonds. The van der Waals surface area contributed by atoms with E-state index in [0.29, 0.717) is 17.3 Å². The monoisotopic (exact) mass is 296 g/mol. The van der Waals surface area contributed by atoms with Gasteiger partial charge in [-0.25, -0.2) is 0 Å². The van der Waals surface area contributed by atoms with Crippen LogP contribution < -0.4 is 10.6 Å². The van der Waals surface area contributed by atoms with Crippen molar-refractivity contribution >= 4 is 23.2 Å². The number of amides is 2. The van der Waals surface area contributed by atoms with E-state index in [0.717, 1.165) is 0 Å². The molecule has 2 aromatic carbocycles. The maximum atomic E-state index is 11.9. The van der Waals surface area contributed by atoms with Crippen LogP contribution in [0.3, 0.4) is 0 Å². The summed E-state index contributed by atoms with van der Waals surface area (Å²) < 4.78 is 0. The van der Waals surface area contributed by atoms with Crippen LogP contribution in [0.15, 0.2) is 54.6 Å². The van der Waals surface area contributed by atoms with Crippen LogP contribution in [0.1, 0.15) is 31.7 Å². The predicted octanol–water partition coefficient (Wildman–Crippen LogP) is 3.78. The number of carbonyl (C=O) groups is 2. The molecule has 0 aliphatic carbocycles. The fourth-order valence-electron chi connectivity index (χ4n) is 2.03. The lowest BCUT2D eigenvalue weighted by atomic mass is 10.0. The highest BCUT2D eigenvalue weighted by Crippen LogP contribution is 2.17. The first-order chi connectivity index (χ1) is 10.5. The Kier molecular flexibility index (Phi) is 5.31.